The van der Waals surface area contributed by atoms with Gasteiger partial charge in [0.05, 0.1) is 18.2 Å². The summed E-state index contributed by atoms with van der Waals surface area (Å²) in [6.45, 7) is 1.80. The Kier molecular flexibility index (Phi) is 3.86. The van der Waals surface area contributed by atoms with Crippen molar-refractivity contribution in [3.05, 3.63) is 63.9 Å². The van der Waals surface area contributed by atoms with E-state index < -0.39 is 11.6 Å². The molecule has 98 valence electrons. The zero-order valence-corrected chi connectivity index (χ0v) is 11.3. The van der Waals surface area contributed by atoms with E-state index >= 15 is 0 Å². The third kappa shape index (κ3) is 2.76. The van der Waals surface area contributed by atoms with Crippen molar-refractivity contribution in [3.63, 3.8) is 0 Å². The molecule has 0 aromatic heterocycles. The SMILES string of the molecule is COc1ccc(Cl)cc1C(=O)c1cc(C)ccc1F. The van der Waals surface area contributed by atoms with Gasteiger partial charge in [-0.15, -0.1) is 0 Å². The van der Waals surface area contributed by atoms with Crippen LogP contribution in [0, 0.1) is 12.7 Å². The molecule has 0 fully saturated rings. The van der Waals surface area contributed by atoms with Gasteiger partial charge in [-0.05, 0) is 37.3 Å². The third-order valence-electron chi connectivity index (χ3n) is 2.77. The normalized spacial score (nSPS) is 10.3. The molecule has 4 heteroatoms. The van der Waals surface area contributed by atoms with E-state index in [4.69, 9.17) is 16.3 Å². The molecule has 0 spiro atoms. The summed E-state index contributed by atoms with van der Waals surface area (Å²) in [6.07, 6.45) is 0. The Balaban J connectivity index is 2.55. The molecule has 0 atom stereocenters. The summed E-state index contributed by atoms with van der Waals surface area (Å²) in [5.74, 6) is -0.631. The van der Waals surface area contributed by atoms with E-state index in [2.05, 4.69) is 0 Å². The molecule has 0 aliphatic carbocycles. The fraction of sp³-hybridized carbons (Fsp3) is 0.133. The van der Waals surface area contributed by atoms with Crippen molar-refractivity contribution in [2.75, 3.05) is 7.11 Å². The highest BCUT2D eigenvalue weighted by Crippen LogP contribution is 2.26. The van der Waals surface area contributed by atoms with Crippen molar-refractivity contribution < 1.29 is 13.9 Å². The highest BCUT2D eigenvalue weighted by Gasteiger charge is 2.18. The molecule has 0 saturated heterocycles. The first-order valence-electron chi connectivity index (χ1n) is 5.67. The minimum absolute atomic E-state index is 0.0144. The van der Waals surface area contributed by atoms with Gasteiger partial charge in [0.2, 0.25) is 0 Å². The van der Waals surface area contributed by atoms with Crippen molar-refractivity contribution in [1.82, 2.24) is 0 Å². The van der Waals surface area contributed by atoms with Gasteiger partial charge < -0.3 is 4.74 Å². The van der Waals surface area contributed by atoms with Gasteiger partial charge in [0, 0.05) is 5.02 Å². The van der Waals surface area contributed by atoms with Gasteiger partial charge >= 0.3 is 0 Å². The lowest BCUT2D eigenvalue weighted by atomic mass is 10.0. The van der Waals surface area contributed by atoms with E-state index in [1.54, 1.807) is 25.1 Å². The summed E-state index contributed by atoms with van der Waals surface area (Å²) in [6, 6.07) is 9.08. The summed E-state index contributed by atoms with van der Waals surface area (Å²) in [5.41, 5.74) is 1.07. The van der Waals surface area contributed by atoms with Gasteiger partial charge in [0.1, 0.15) is 11.6 Å². The van der Waals surface area contributed by atoms with Crippen LogP contribution in [0.5, 0.6) is 5.75 Å². The highest BCUT2D eigenvalue weighted by molar-refractivity contribution is 6.31. The largest absolute Gasteiger partial charge is 0.496 e. The van der Waals surface area contributed by atoms with Gasteiger partial charge in [0.25, 0.3) is 0 Å². The van der Waals surface area contributed by atoms with Crippen LogP contribution in [0.2, 0.25) is 5.02 Å². The Morgan fingerprint density at radius 3 is 2.58 bits per heavy atom. The number of hydrogen-bond donors (Lipinski definition) is 0. The Morgan fingerprint density at radius 1 is 1.16 bits per heavy atom. The summed E-state index contributed by atoms with van der Waals surface area (Å²) >= 11 is 5.87. The summed E-state index contributed by atoms with van der Waals surface area (Å²) in [5, 5.41) is 0.400. The topological polar surface area (TPSA) is 26.3 Å². The average Bonchev–Trinajstić information content (AvgIpc) is 2.40. The second-order valence-electron chi connectivity index (χ2n) is 4.16. The number of aryl methyl sites for hydroxylation is 1. The fourth-order valence-corrected chi connectivity index (χ4v) is 1.99. The number of rotatable bonds is 3. The van der Waals surface area contributed by atoms with Gasteiger partial charge in [-0.2, -0.15) is 0 Å². The summed E-state index contributed by atoms with van der Waals surface area (Å²) < 4.78 is 18.9. The van der Waals surface area contributed by atoms with E-state index in [0.717, 1.165) is 5.56 Å². The number of ether oxygens (including phenoxy) is 1. The van der Waals surface area contributed by atoms with E-state index in [9.17, 15) is 9.18 Å². The van der Waals surface area contributed by atoms with Crippen molar-refractivity contribution >= 4 is 17.4 Å². The van der Waals surface area contributed by atoms with Crippen LogP contribution in [0.25, 0.3) is 0 Å². The molecule has 0 aliphatic heterocycles. The molecule has 0 amide bonds. The molecule has 2 aromatic carbocycles. The second-order valence-corrected chi connectivity index (χ2v) is 4.59. The fourth-order valence-electron chi connectivity index (χ4n) is 1.82. The monoisotopic (exact) mass is 278 g/mol. The van der Waals surface area contributed by atoms with E-state index in [1.807, 2.05) is 0 Å². The van der Waals surface area contributed by atoms with Gasteiger partial charge in [-0.3, -0.25) is 4.79 Å². The smallest absolute Gasteiger partial charge is 0.199 e. The van der Waals surface area contributed by atoms with Crippen LogP contribution in [-0.4, -0.2) is 12.9 Å². The zero-order chi connectivity index (χ0) is 14.0. The molecule has 0 radical (unpaired) electrons. The Bertz CT molecular complexity index is 638. The number of ketones is 1. The molecule has 19 heavy (non-hydrogen) atoms. The highest BCUT2D eigenvalue weighted by atomic mass is 35.5. The van der Waals surface area contributed by atoms with Crippen LogP contribution < -0.4 is 4.74 Å². The molecule has 0 aliphatic rings. The molecule has 0 unspecified atom stereocenters. The molecule has 0 saturated carbocycles. The predicted octanol–water partition coefficient (Wildman–Crippen LogP) is 4.03. The number of carbonyl (C=O) groups excluding carboxylic acids is 1. The molecule has 0 N–H and O–H groups in total. The van der Waals surface area contributed by atoms with Crippen LogP contribution in [-0.2, 0) is 0 Å². The predicted molar refractivity (Wildman–Crippen MR) is 72.6 cm³/mol. The molecular formula is C15H12ClFO2. The number of hydrogen-bond acceptors (Lipinski definition) is 2. The van der Waals surface area contributed by atoms with Crippen molar-refractivity contribution in [1.29, 1.82) is 0 Å². The second kappa shape index (κ2) is 5.41. The summed E-state index contributed by atoms with van der Waals surface area (Å²) in [7, 11) is 1.45. The average molecular weight is 279 g/mol. The van der Waals surface area contributed by atoms with Crippen LogP contribution in [0.3, 0.4) is 0 Å². The van der Waals surface area contributed by atoms with Crippen molar-refractivity contribution in [2.24, 2.45) is 0 Å². The van der Waals surface area contributed by atoms with Crippen LogP contribution in [0.15, 0.2) is 36.4 Å². The first-order chi connectivity index (χ1) is 9.02. The van der Waals surface area contributed by atoms with E-state index in [1.165, 1.54) is 25.3 Å². The minimum Gasteiger partial charge on any atom is -0.496 e. The molecule has 0 heterocycles. The lowest BCUT2D eigenvalue weighted by Crippen LogP contribution is -2.06. The minimum atomic E-state index is -0.558. The number of halogens is 2. The first-order valence-corrected chi connectivity index (χ1v) is 6.05. The van der Waals surface area contributed by atoms with Crippen molar-refractivity contribution in [2.45, 2.75) is 6.92 Å². The lowest BCUT2D eigenvalue weighted by molar-refractivity contribution is 0.103. The quantitative estimate of drug-likeness (QED) is 0.793. The van der Waals surface area contributed by atoms with Crippen LogP contribution in [0.1, 0.15) is 21.5 Å². The molecule has 2 aromatic rings. The third-order valence-corrected chi connectivity index (χ3v) is 3.01. The Labute approximate surface area is 115 Å². The lowest BCUT2D eigenvalue weighted by Gasteiger charge is -2.09. The molecule has 2 rings (SSSR count). The number of carbonyl (C=O) groups is 1. The Morgan fingerprint density at radius 2 is 1.89 bits per heavy atom. The summed E-state index contributed by atoms with van der Waals surface area (Å²) in [4.78, 5) is 12.4. The number of benzene rings is 2. The first kappa shape index (κ1) is 13.6. The molecule has 2 nitrogen and oxygen atoms in total. The van der Waals surface area contributed by atoms with Gasteiger partial charge in [-0.25, -0.2) is 4.39 Å². The number of methoxy groups -OCH3 is 1. The van der Waals surface area contributed by atoms with Crippen LogP contribution >= 0.6 is 11.6 Å². The van der Waals surface area contributed by atoms with Gasteiger partial charge in [0.15, 0.2) is 5.78 Å². The standard InChI is InChI=1S/C15H12ClFO2/c1-9-3-5-13(17)11(7-9)15(18)12-8-10(16)4-6-14(12)19-2/h3-8H,1-2H3. The van der Waals surface area contributed by atoms with E-state index in [-0.39, 0.29) is 11.1 Å². The molecule has 0 bridgehead atoms. The maximum absolute atomic E-state index is 13.7. The maximum atomic E-state index is 13.7. The Hall–Kier alpha value is -1.87. The van der Waals surface area contributed by atoms with Gasteiger partial charge in [-0.1, -0.05) is 23.2 Å². The van der Waals surface area contributed by atoms with Crippen LogP contribution in [0.4, 0.5) is 4.39 Å². The molecular weight excluding hydrogens is 267 g/mol. The maximum Gasteiger partial charge on any atom is 0.199 e. The zero-order valence-electron chi connectivity index (χ0n) is 10.5. The van der Waals surface area contributed by atoms with Crippen molar-refractivity contribution in [3.8, 4) is 5.75 Å². The van der Waals surface area contributed by atoms with E-state index in [0.29, 0.717) is 10.8 Å².